The summed E-state index contributed by atoms with van der Waals surface area (Å²) >= 11 is 5.92. The number of hydrogen-bond donors (Lipinski definition) is 2. The molecule has 0 radical (unpaired) electrons. The summed E-state index contributed by atoms with van der Waals surface area (Å²) in [5, 5.41) is 5.59. The zero-order valence-electron chi connectivity index (χ0n) is 17.3. The van der Waals surface area contributed by atoms with Crippen LogP contribution in [0.5, 0.6) is 5.75 Å². The number of aromatic nitrogens is 2. The van der Waals surface area contributed by atoms with Crippen molar-refractivity contribution in [3.63, 3.8) is 0 Å². The number of benzene rings is 2. The van der Waals surface area contributed by atoms with Gasteiger partial charge in [-0.25, -0.2) is 4.68 Å². The lowest BCUT2D eigenvalue weighted by Gasteiger charge is -2.11. The molecular weight excluding hydrogens is 420 g/mol. The largest absolute Gasteiger partial charge is 0.493 e. The molecule has 0 fully saturated rings. The zero-order valence-corrected chi connectivity index (χ0v) is 18.0. The van der Waals surface area contributed by atoms with E-state index in [0.717, 1.165) is 5.56 Å². The standard InChI is InChI=1S/C22H23ClN4O4/c1-3-27-22(30)17-8-5-4-7-16(17)20(26-27)21(29)25-24-19(28)9-6-12-31-18-11-10-15(23)13-14(18)2/h4-5,7-8,10-11,13H,3,6,9,12H2,1-2H3,(H,24,28)(H,25,29). The van der Waals surface area contributed by atoms with Crippen LogP contribution in [-0.2, 0) is 11.3 Å². The number of amides is 2. The van der Waals surface area contributed by atoms with Crippen molar-refractivity contribution in [2.75, 3.05) is 6.61 Å². The van der Waals surface area contributed by atoms with Gasteiger partial charge in [0, 0.05) is 23.4 Å². The van der Waals surface area contributed by atoms with Gasteiger partial charge in [-0.15, -0.1) is 0 Å². The van der Waals surface area contributed by atoms with Crippen molar-refractivity contribution in [2.24, 2.45) is 0 Å². The lowest BCUT2D eigenvalue weighted by Crippen LogP contribution is -2.42. The van der Waals surface area contributed by atoms with Crippen molar-refractivity contribution in [2.45, 2.75) is 33.2 Å². The molecule has 0 saturated heterocycles. The van der Waals surface area contributed by atoms with E-state index >= 15 is 0 Å². The van der Waals surface area contributed by atoms with E-state index in [1.807, 2.05) is 6.92 Å². The first-order valence-electron chi connectivity index (χ1n) is 9.88. The molecule has 0 atom stereocenters. The number of hydrogen-bond acceptors (Lipinski definition) is 5. The molecule has 3 aromatic rings. The Hall–Kier alpha value is -3.39. The van der Waals surface area contributed by atoms with Gasteiger partial charge in [0.05, 0.1) is 12.0 Å². The van der Waals surface area contributed by atoms with Crippen LogP contribution >= 0.6 is 11.6 Å². The zero-order chi connectivity index (χ0) is 22.4. The first-order valence-corrected chi connectivity index (χ1v) is 10.3. The smallest absolute Gasteiger partial charge is 0.290 e. The molecule has 3 rings (SSSR count). The maximum absolute atomic E-state index is 12.6. The van der Waals surface area contributed by atoms with Crippen molar-refractivity contribution >= 4 is 34.2 Å². The van der Waals surface area contributed by atoms with Gasteiger partial charge in [-0.3, -0.25) is 25.2 Å². The molecule has 162 valence electrons. The number of fused-ring (bicyclic) bond motifs is 1. The second-order valence-corrected chi connectivity index (χ2v) is 7.32. The summed E-state index contributed by atoms with van der Waals surface area (Å²) in [5.74, 6) is -0.250. The molecule has 0 spiro atoms. The Morgan fingerprint density at radius 3 is 2.58 bits per heavy atom. The molecule has 1 heterocycles. The van der Waals surface area contributed by atoms with Gasteiger partial charge < -0.3 is 4.74 Å². The van der Waals surface area contributed by atoms with E-state index in [2.05, 4.69) is 16.0 Å². The van der Waals surface area contributed by atoms with Crippen molar-refractivity contribution in [3.8, 4) is 5.75 Å². The summed E-state index contributed by atoms with van der Waals surface area (Å²) in [7, 11) is 0. The van der Waals surface area contributed by atoms with E-state index in [-0.39, 0.29) is 23.6 Å². The molecule has 2 N–H and O–H groups in total. The number of aryl methyl sites for hydroxylation is 2. The van der Waals surface area contributed by atoms with E-state index < -0.39 is 5.91 Å². The SMILES string of the molecule is CCn1nc(C(=O)NNC(=O)CCCOc2ccc(Cl)cc2C)c2ccccc2c1=O. The number of nitrogens with one attached hydrogen (secondary N) is 2. The Morgan fingerprint density at radius 2 is 1.87 bits per heavy atom. The minimum Gasteiger partial charge on any atom is -0.493 e. The van der Waals surface area contributed by atoms with E-state index in [4.69, 9.17) is 16.3 Å². The summed E-state index contributed by atoms with van der Waals surface area (Å²) in [4.78, 5) is 37.0. The highest BCUT2D eigenvalue weighted by molar-refractivity contribution is 6.30. The van der Waals surface area contributed by atoms with Gasteiger partial charge in [0.25, 0.3) is 11.5 Å². The van der Waals surface area contributed by atoms with Crippen LogP contribution < -0.4 is 21.1 Å². The summed E-state index contributed by atoms with van der Waals surface area (Å²) in [6.45, 7) is 4.32. The van der Waals surface area contributed by atoms with Crippen molar-refractivity contribution in [1.82, 2.24) is 20.6 Å². The van der Waals surface area contributed by atoms with Crippen LogP contribution in [0.15, 0.2) is 47.3 Å². The number of carbonyl (C=O) groups is 2. The maximum Gasteiger partial charge on any atom is 0.290 e. The van der Waals surface area contributed by atoms with Crippen molar-refractivity contribution in [1.29, 1.82) is 0 Å². The number of nitrogens with zero attached hydrogens (tertiary/aromatic N) is 2. The number of halogens is 1. The van der Waals surface area contributed by atoms with E-state index in [1.165, 1.54) is 4.68 Å². The molecule has 31 heavy (non-hydrogen) atoms. The third-order valence-electron chi connectivity index (χ3n) is 4.64. The molecule has 0 saturated carbocycles. The third kappa shape index (κ3) is 5.40. The van der Waals surface area contributed by atoms with Crippen LogP contribution in [0.25, 0.3) is 10.8 Å². The normalized spacial score (nSPS) is 10.7. The van der Waals surface area contributed by atoms with Gasteiger partial charge in [0.2, 0.25) is 5.91 Å². The minimum atomic E-state index is -0.597. The molecular formula is C22H23ClN4O4. The molecule has 8 nitrogen and oxygen atoms in total. The first-order chi connectivity index (χ1) is 14.9. The van der Waals surface area contributed by atoms with Crippen molar-refractivity contribution in [3.05, 3.63) is 69.1 Å². The Balaban J connectivity index is 1.54. The molecule has 0 unspecified atom stereocenters. The molecule has 1 aromatic heterocycles. The van der Waals surface area contributed by atoms with Crippen LogP contribution in [0.4, 0.5) is 0 Å². The van der Waals surface area contributed by atoms with Gasteiger partial charge in [-0.2, -0.15) is 5.10 Å². The second kappa shape index (κ2) is 10.1. The first kappa shape index (κ1) is 22.3. The monoisotopic (exact) mass is 442 g/mol. The van der Waals surface area contributed by atoms with E-state index in [1.54, 1.807) is 49.4 Å². The topological polar surface area (TPSA) is 102 Å². The highest BCUT2D eigenvalue weighted by Gasteiger charge is 2.16. The van der Waals surface area contributed by atoms with Gasteiger partial charge in [0.15, 0.2) is 5.69 Å². The Bertz CT molecular complexity index is 1180. The Morgan fingerprint density at radius 1 is 1.13 bits per heavy atom. The third-order valence-corrected chi connectivity index (χ3v) is 4.88. The summed E-state index contributed by atoms with van der Waals surface area (Å²) < 4.78 is 6.87. The predicted molar refractivity (Wildman–Crippen MR) is 118 cm³/mol. The highest BCUT2D eigenvalue weighted by Crippen LogP contribution is 2.21. The number of carbonyl (C=O) groups excluding carboxylic acids is 2. The lowest BCUT2D eigenvalue weighted by atomic mass is 10.1. The molecule has 2 amide bonds. The van der Waals surface area contributed by atoms with Crippen molar-refractivity contribution < 1.29 is 14.3 Å². The predicted octanol–water partition coefficient (Wildman–Crippen LogP) is 3.00. The fourth-order valence-corrected chi connectivity index (χ4v) is 3.28. The van der Waals surface area contributed by atoms with E-state index in [9.17, 15) is 14.4 Å². The summed E-state index contributed by atoms with van der Waals surface area (Å²) in [5.41, 5.74) is 5.45. The molecule has 9 heteroatoms. The fraction of sp³-hybridized carbons (Fsp3) is 0.273. The van der Waals surface area contributed by atoms with Gasteiger partial charge in [-0.1, -0.05) is 29.8 Å². The summed E-state index contributed by atoms with van der Waals surface area (Å²) in [6, 6.07) is 12.1. The second-order valence-electron chi connectivity index (χ2n) is 6.88. The van der Waals surface area contributed by atoms with Crippen LogP contribution in [0, 0.1) is 6.92 Å². The number of rotatable bonds is 7. The molecule has 0 bridgehead atoms. The number of ether oxygens (including phenoxy) is 1. The Labute approximate surface area is 184 Å². The average Bonchev–Trinajstić information content (AvgIpc) is 2.76. The Kier molecular flexibility index (Phi) is 7.25. The highest BCUT2D eigenvalue weighted by atomic mass is 35.5. The van der Waals surface area contributed by atoms with Crippen LogP contribution in [0.1, 0.15) is 35.8 Å². The van der Waals surface area contributed by atoms with Crippen LogP contribution in [-0.4, -0.2) is 28.2 Å². The van der Waals surface area contributed by atoms with Gasteiger partial charge in [0.1, 0.15) is 5.75 Å². The quantitative estimate of drug-likeness (QED) is 0.432. The van der Waals surface area contributed by atoms with Gasteiger partial charge in [-0.05, 0) is 50.1 Å². The number of hydrazine groups is 1. The van der Waals surface area contributed by atoms with Crippen LogP contribution in [0.2, 0.25) is 5.02 Å². The van der Waals surface area contributed by atoms with Gasteiger partial charge >= 0.3 is 0 Å². The molecule has 2 aromatic carbocycles. The fourth-order valence-electron chi connectivity index (χ4n) is 3.05. The maximum atomic E-state index is 12.6. The molecule has 0 aliphatic rings. The average molecular weight is 443 g/mol. The molecule has 0 aliphatic heterocycles. The van der Waals surface area contributed by atoms with Crippen LogP contribution in [0.3, 0.4) is 0 Å². The van der Waals surface area contributed by atoms with E-state index in [0.29, 0.717) is 41.1 Å². The lowest BCUT2D eigenvalue weighted by molar-refractivity contribution is -0.122. The minimum absolute atomic E-state index is 0.0684. The molecule has 0 aliphatic carbocycles. The summed E-state index contributed by atoms with van der Waals surface area (Å²) in [6.07, 6.45) is 0.626.